The van der Waals surface area contributed by atoms with E-state index in [9.17, 15) is 0 Å². The molecule has 3 atom stereocenters. The highest BCUT2D eigenvalue weighted by Crippen LogP contribution is 2.40. The Morgan fingerprint density at radius 1 is 0.515 bits per heavy atom. The summed E-state index contributed by atoms with van der Waals surface area (Å²) in [6.45, 7) is 20.8. The van der Waals surface area contributed by atoms with E-state index in [-0.39, 0.29) is 34.4 Å². The molecule has 0 heterocycles. The molecule has 3 nitrogen and oxygen atoms in total. The van der Waals surface area contributed by atoms with Crippen molar-refractivity contribution in [1.82, 2.24) is 0 Å². The maximum absolute atomic E-state index is 6.04. The monoisotopic (exact) mass is 459 g/mol. The lowest BCUT2D eigenvalue weighted by Gasteiger charge is -2.34. The van der Waals surface area contributed by atoms with Crippen LogP contribution in [0.2, 0.25) is 0 Å². The van der Waals surface area contributed by atoms with Gasteiger partial charge in [0.2, 0.25) is 0 Å². The van der Waals surface area contributed by atoms with Gasteiger partial charge < -0.3 is 17.2 Å². The van der Waals surface area contributed by atoms with Crippen molar-refractivity contribution in [3.63, 3.8) is 0 Å². The fraction of sp³-hybridized carbons (Fsp3) is 0.800. The Morgan fingerprint density at radius 3 is 0.909 bits per heavy atom. The van der Waals surface area contributed by atoms with Gasteiger partial charge in [-0.25, -0.2) is 0 Å². The fourth-order valence-corrected chi connectivity index (χ4v) is 4.83. The molecule has 192 valence electrons. The van der Waals surface area contributed by atoms with Crippen molar-refractivity contribution in [3.05, 3.63) is 34.9 Å². The summed E-state index contributed by atoms with van der Waals surface area (Å²) < 4.78 is 0. The van der Waals surface area contributed by atoms with E-state index >= 15 is 0 Å². The van der Waals surface area contributed by atoms with Crippen molar-refractivity contribution < 1.29 is 0 Å². The number of nitrogens with two attached hydrogens (primary N) is 3. The molecular formula is C30H57N3. The van der Waals surface area contributed by atoms with Gasteiger partial charge in [0.25, 0.3) is 0 Å². The lowest BCUT2D eigenvalue weighted by molar-refractivity contribution is 0.416. The van der Waals surface area contributed by atoms with Crippen molar-refractivity contribution in [3.8, 4) is 0 Å². The summed E-state index contributed by atoms with van der Waals surface area (Å²) in [6, 6.07) is 8.32. The highest BCUT2D eigenvalue weighted by molar-refractivity contribution is 5.40. The molecule has 0 amide bonds. The largest absolute Gasteiger partial charge is 0.328 e. The minimum Gasteiger partial charge on any atom is -0.328 e. The normalized spacial score (nSPS) is 16.0. The van der Waals surface area contributed by atoms with Crippen LogP contribution in [0.5, 0.6) is 0 Å². The standard InChI is InChI=1S/C30H57N3/c1-22(31)13-10-16-28(4,5)25-19-26(29(6,7)17-11-14-23(2)32)21-27(20-25)30(8,9)18-12-15-24(3)33/h19-24H,10-18,31-33H2,1-9H3. The number of hydrogen-bond acceptors (Lipinski definition) is 3. The third-order valence-corrected chi connectivity index (χ3v) is 7.66. The summed E-state index contributed by atoms with van der Waals surface area (Å²) in [7, 11) is 0. The van der Waals surface area contributed by atoms with Gasteiger partial charge in [0.05, 0.1) is 0 Å². The highest BCUT2D eigenvalue weighted by atomic mass is 14.6. The van der Waals surface area contributed by atoms with Gasteiger partial charge in [-0.3, -0.25) is 0 Å². The summed E-state index contributed by atoms with van der Waals surface area (Å²) in [5.74, 6) is 0. The topological polar surface area (TPSA) is 78.1 Å². The van der Waals surface area contributed by atoms with Crippen molar-refractivity contribution in [1.29, 1.82) is 0 Å². The Morgan fingerprint density at radius 2 is 0.727 bits per heavy atom. The molecule has 0 aliphatic rings. The Balaban J connectivity index is 3.32. The molecule has 1 aromatic carbocycles. The summed E-state index contributed by atoms with van der Waals surface area (Å²) in [6.07, 6.45) is 10.2. The van der Waals surface area contributed by atoms with Gasteiger partial charge in [-0.05, 0) is 92.2 Å². The molecule has 1 aromatic rings. The number of rotatable bonds is 15. The maximum atomic E-state index is 6.04. The molecule has 3 heteroatoms. The lowest BCUT2D eigenvalue weighted by atomic mass is 9.70. The molecule has 0 saturated heterocycles. The molecule has 0 aromatic heterocycles. The highest BCUT2D eigenvalue weighted by Gasteiger charge is 2.29. The summed E-state index contributed by atoms with van der Waals surface area (Å²) >= 11 is 0. The van der Waals surface area contributed by atoms with Crippen LogP contribution in [0.4, 0.5) is 0 Å². The molecule has 0 aliphatic heterocycles. The molecule has 0 spiro atoms. The van der Waals surface area contributed by atoms with Crippen LogP contribution < -0.4 is 17.2 Å². The van der Waals surface area contributed by atoms with Gasteiger partial charge in [0.15, 0.2) is 0 Å². The van der Waals surface area contributed by atoms with Crippen LogP contribution in [0.3, 0.4) is 0 Å². The Bertz CT molecular complexity index is 591. The van der Waals surface area contributed by atoms with E-state index in [1.807, 2.05) is 0 Å². The van der Waals surface area contributed by atoms with Gasteiger partial charge in [0, 0.05) is 18.1 Å². The van der Waals surface area contributed by atoms with E-state index in [1.54, 1.807) is 0 Å². The molecule has 0 radical (unpaired) electrons. The average Bonchev–Trinajstić information content (AvgIpc) is 2.66. The Kier molecular flexibility index (Phi) is 11.6. The van der Waals surface area contributed by atoms with Crippen molar-refractivity contribution >= 4 is 0 Å². The third kappa shape index (κ3) is 10.5. The zero-order chi connectivity index (χ0) is 25.4. The lowest BCUT2D eigenvalue weighted by Crippen LogP contribution is -2.26. The van der Waals surface area contributed by atoms with Crippen LogP contribution in [-0.4, -0.2) is 18.1 Å². The van der Waals surface area contributed by atoms with Gasteiger partial charge >= 0.3 is 0 Å². The van der Waals surface area contributed by atoms with Crippen molar-refractivity contribution in [2.24, 2.45) is 17.2 Å². The first-order chi connectivity index (χ1) is 15.1. The van der Waals surface area contributed by atoms with Crippen LogP contribution >= 0.6 is 0 Å². The molecule has 33 heavy (non-hydrogen) atoms. The summed E-state index contributed by atoms with van der Waals surface area (Å²) in [4.78, 5) is 0. The summed E-state index contributed by atoms with van der Waals surface area (Å²) in [5, 5.41) is 0. The first kappa shape index (κ1) is 30.1. The van der Waals surface area contributed by atoms with E-state index in [1.165, 1.54) is 36.0 Å². The first-order valence-electron chi connectivity index (χ1n) is 13.5. The average molecular weight is 460 g/mol. The SMILES string of the molecule is CC(N)CCCC(C)(C)c1cc(C(C)(C)CCCC(C)N)cc(C(C)(C)CCCC(C)N)c1. The van der Waals surface area contributed by atoms with Crippen LogP contribution in [0.15, 0.2) is 18.2 Å². The second kappa shape index (κ2) is 12.7. The van der Waals surface area contributed by atoms with E-state index < -0.39 is 0 Å². The van der Waals surface area contributed by atoms with Crippen LogP contribution in [0.1, 0.15) is 137 Å². The van der Waals surface area contributed by atoms with E-state index in [2.05, 4.69) is 80.5 Å². The van der Waals surface area contributed by atoms with Crippen LogP contribution in [-0.2, 0) is 16.2 Å². The molecule has 0 saturated carbocycles. The van der Waals surface area contributed by atoms with Gasteiger partial charge in [-0.15, -0.1) is 0 Å². The second-order valence-corrected chi connectivity index (χ2v) is 13.1. The molecular weight excluding hydrogens is 402 g/mol. The molecule has 1 rings (SSSR count). The Labute approximate surface area is 206 Å². The van der Waals surface area contributed by atoms with Gasteiger partial charge in [0.1, 0.15) is 0 Å². The van der Waals surface area contributed by atoms with Gasteiger partial charge in [-0.2, -0.15) is 0 Å². The fourth-order valence-electron chi connectivity index (χ4n) is 4.83. The third-order valence-electron chi connectivity index (χ3n) is 7.66. The zero-order valence-electron chi connectivity index (χ0n) is 23.6. The summed E-state index contributed by atoms with van der Waals surface area (Å²) in [5.41, 5.74) is 22.9. The predicted molar refractivity (Wildman–Crippen MR) is 148 cm³/mol. The van der Waals surface area contributed by atoms with Crippen LogP contribution in [0, 0.1) is 0 Å². The zero-order valence-corrected chi connectivity index (χ0v) is 23.6. The van der Waals surface area contributed by atoms with E-state index in [0.717, 1.165) is 38.5 Å². The molecule has 3 unspecified atom stereocenters. The van der Waals surface area contributed by atoms with E-state index in [0.29, 0.717) is 0 Å². The van der Waals surface area contributed by atoms with E-state index in [4.69, 9.17) is 17.2 Å². The van der Waals surface area contributed by atoms with Gasteiger partial charge in [-0.1, -0.05) is 79.0 Å². The number of benzene rings is 1. The second-order valence-electron chi connectivity index (χ2n) is 13.1. The molecule has 0 fully saturated rings. The molecule has 6 N–H and O–H groups in total. The van der Waals surface area contributed by atoms with Crippen LogP contribution in [0.25, 0.3) is 0 Å². The number of hydrogen-bond donors (Lipinski definition) is 3. The van der Waals surface area contributed by atoms with Crippen molar-refractivity contribution in [2.45, 2.75) is 154 Å². The molecule has 0 bridgehead atoms. The predicted octanol–water partition coefficient (Wildman–Crippen LogP) is 7.07. The molecule has 0 aliphatic carbocycles. The smallest absolute Gasteiger partial charge is 0.00104 e. The Hall–Kier alpha value is -0.900. The quantitative estimate of drug-likeness (QED) is 0.262. The first-order valence-corrected chi connectivity index (χ1v) is 13.5. The maximum Gasteiger partial charge on any atom is 0.00104 e. The van der Waals surface area contributed by atoms with Crippen molar-refractivity contribution in [2.75, 3.05) is 0 Å². The minimum absolute atomic E-state index is 0.128. The minimum atomic E-state index is 0.128.